The van der Waals surface area contributed by atoms with Gasteiger partial charge in [0.15, 0.2) is 5.58 Å². The molecular weight excluding hydrogens is 515 g/mol. The summed E-state index contributed by atoms with van der Waals surface area (Å²) in [4.78, 5) is 39.2. The van der Waals surface area contributed by atoms with Crippen LogP contribution in [0.25, 0.3) is 22.2 Å². The molecule has 4 rings (SSSR count). The number of nitriles is 1. The van der Waals surface area contributed by atoms with Gasteiger partial charge in [-0.05, 0) is 68.5 Å². The number of amides is 2. The van der Waals surface area contributed by atoms with Crippen molar-refractivity contribution < 1.29 is 23.1 Å². The number of nitrogens with one attached hydrogen (secondary N) is 1. The summed E-state index contributed by atoms with van der Waals surface area (Å²) in [6, 6.07) is 11.0. The highest BCUT2D eigenvalue weighted by atomic mass is 19.1. The fourth-order valence-electron chi connectivity index (χ4n) is 4.86. The maximum Gasteiger partial charge on any atom is 0.419 e. The van der Waals surface area contributed by atoms with Crippen molar-refractivity contribution in [1.82, 2.24) is 14.8 Å². The van der Waals surface area contributed by atoms with Crippen molar-refractivity contribution in [3.63, 3.8) is 0 Å². The smallest absolute Gasteiger partial charge is 0.419 e. The number of carbonyl (C=O) groups is 2. The first kappa shape index (κ1) is 28.9. The van der Waals surface area contributed by atoms with E-state index in [1.807, 2.05) is 0 Å². The number of nitrogens with zero attached hydrogens (tertiary/aromatic N) is 3. The Labute approximate surface area is 232 Å². The lowest BCUT2D eigenvalue weighted by Crippen LogP contribution is -2.47. The molecule has 1 aromatic heterocycles. The Morgan fingerprint density at radius 2 is 1.90 bits per heavy atom. The Bertz CT molecular complexity index is 1500. The molecule has 1 saturated heterocycles. The van der Waals surface area contributed by atoms with Gasteiger partial charge in [-0.2, -0.15) is 5.26 Å². The highest BCUT2D eigenvalue weighted by molar-refractivity contribution is 5.81. The van der Waals surface area contributed by atoms with Gasteiger partial charge in [-0.15, -0.1) is 0 Å². The van der Waals surface area contributed by atoms with Crippen LogP contribution in [0, 0.1) is 23.1 Å². The molecule has 9 nitrogen and oxygen atoms in total. The summed E-state index contributed by atoms with van der Waals surface area (Å²) in [6.45, 7) is 6.09. The molecule has 1 aliphatic heterocycles. The van der Waals surface area contributed by atoms with Gasteiger partial charge in [0, 0.05) is 26.6 Å². The molecule has 40 heavy (non-hydrogen) atoms. The standard InChI is InChI=1S/C30H35FN4O5/c1-30(2,3)40-29(38)35-13-7-5-6-8-22(18-35)27(36)33-23(17-32)14-21-10-9-19(15-24(21)31)20-11-12-26-25(16-20)34(4)28(37)39-26/h9-12,15-16,22-23H,5-8,13-14,18H2,1-4H3,(H,33,36)/t22?,23-/m0/s1. The lowest BCUT2D eigenvalue weighted by molar-refractivity contribution is -0.126. The van der Waals surface area contributed by atoms with Gasteiger partial charge in [-0.3, -0.25) is 9.36 Å². The highest BCUT2D eigenvalue weighted by Gasteiger charge is 2.30. The van der Waals surface area contributed by atoms with E-state index in [1.54, 1.807) is 63.1 Å². The number of oxazole rings is 1. The van der Waals surface area contributed by atoms with E-state index < -0.39 is 35.2 Å². The van der Waals surface area contributed by atoms with Crippen LogP contribution in [0.5, 0.6) is 0 Å². The Kier molecular flexibility index (Phi) is 8.62. The Morgan fingerprint density at radius 1 is 1.18 bits per heavy atom. The van der Waals surface area contributed by atoms with E-state index in [0.717, 1.165) is 19.3 Å². The maximum absolute atomic E-state index is 15.1. The number of aryl methyl sites for hydroxylation is 1. The first-order chi connectivity index (χ1) is 18.9. The van der Waals surface area contributed by atoms with E-state index in [0.29, 0.717) is 40.8 Å². The van der Waals surface area contributed by atoms with Crippen molar-refractivity contribution >= 4 is 23.1 Å². The Morgan fingerprint density at radius 3 is 2.60 bits per heavy atom. The van der Waals surface area contributed by atoms with E-state index >= 15 is 4.39 Å². The number of likely N-dealkylation sites (tertiary alicyclic amines) is 1. The van der Waals surface area contributed by atoms with Crippen molar-refractivity contribution in [3.8, 4) is 17.2 Å². The molecule has 0 bridgehead atoms. The van der Waals surface area contributed by atoms with Crippen LogP contribution >= 0.6 is 0 Å². The van der Waals surface area contributed by atoms with Gasteiger partial charge in [0.1, 0.15) is 17.5 Å². The first-order valence-corrected chi connectivity index (χ1v) is 13.5. The van der Waals surface area contributed by atoms with Crippen LogP contribution in [-0.4, -0.2) is 46.2 Å². The van der Waals surface area contributed by atoms with Crippen molar-refractivity contribution in [1.29, 1.82) is 5.26 Å². The Hall–Kier alpha value is -4.13. The summed E-state index contributed by atoms with van der Waals surface area (Å²) in [6.07, 6.45) is 2.67. The molecule has 212 valence electrons. The number of benzene rings is 2. The average Bonchev–Trinajstić information content (AvgIpc) is 3.16. The fourth-order valence-corrected chi connectivity index (χ4v) is 4.86. The van der Waals surface area contributed by atoms with Crippen molar-refractivity contribution in [2.24, 2.45) is 13.0 Å². The fraction of sp³-hybridized carbons (Fsp3) is 0.467. The highest BCUT2D eigenvalue weighted by Crippen LogP contribution is 2.26. The van der Waals surface area contributed by atoms with Gasteiger partial charge in [0.25, 0.3) is 0 Å². The van der Waals surface area contributed by atoms with Crippen molar-refractivity contribution in [2.75, 3.05) is 13.1 Å². The third-order valence-electron chi connectivity index (χ3n) is 7.02. The molecule has 0 radical (unpaired) electrons. The topological polar surface area (TPSA) is 118 Å². The third-order valence-corrected chi connectivity index (χ3v) is 7.02. The van der Waals surface area contributed by atoms with E-state index in [1.165, 1.54) is 10.6 Å². The molecule has 1 N–H and O–H groups in total. The van der Waals surface area contributed by atoms with Gasteiger partial charge in [-0.1, -0.05) is 31.0 Å². The van der Waals surface area contributed by atoms with Gasteiger partial charge in [-0.25, -0.2) is 14.0 Å². The number of hydrogen-bond donors (Lipinski definition) is 1. The summed E-state index contributed by atoms with van der Waals surface area (Å²) in [5.74, 6) is -1.81. The molecule has 3 aromatic rings. The molecule has 1 aliphatic rings. The van der Waals surface area contributed by atoms with E-state index in [9.17, 15) is 19.6 Å². The van der Waals surface area contributed by atoms with Crippen molar-refractivity contribution in [3.05, 3.63) is 58.3 Å². The van der Waals surface area contributed by atoms with Crippen LogP contribution in [-0.2, 0) is 23.0 Å². The van der Waals surface area contributed by atoms with Gasteiger partial charge in [0.2, 0.25) is 5.91 Å². The van der Waals surface area contributed by atoms with Crippen LogP contribution < -0.4 is 11.1 Å². The van der Waals surface area contributed by atoms with Gasteiger partial charge in [0.05, 0.1) is 17.5 Å². The minimum absolute atomic E-state index is 0.00782. The van der Waals surface area contributed by atoms with Crippen LogP contribution in [0.15, 0.2) is 45.6 Å². The lowest BCUT2D eigenvalue weighted by atomic mass is 9.96. The SMILES string of the molecule is Cn1c(=O)oc2ccc(-c3ccc(C[C@@H](C#N)NC(=O)C4CCCCCN(C(=O)OC(C)(C)C)C4)c(F)c3)cc21. The predicted molar refractivity (Wildman–Crippen MR) is 148 cm³/mol. The molecule has 1 fully saturated rings. The number of rotatable bonds is 5. The van der Waals surface area contributed by atoms with Gasteiger partial charge < -0.3 is 19.4 Å². The predicted octanol–water partition coefficient (Wildman–Crippen LogP) is 4.92. The van der Waals surface area contributed by atoms with E-state index in [2.05, 4.69) is 11.4 Å². The zero-order chi connectivity index (χ0) is 29.0. The molecule has 2 atom stereocenters. The maximum atomic E-state index is 15.1. The second-order valence-electron chi connectivity index (χ2n) is 11.3. The lowest BCUT2D eigenvalue weighted by Gasteiger charge is -2.31. The monoisotopic (exact) mass is 550 g/mol. The normalized spacial score (nSPS) is 17.0. The minimum Gasteiger partial charge on any atom is -0.444 e. The van der Waals surface area contributed by atoms with Crippen LogP contribution in [0.3, 0.4) is 0 Å². The molecule has 0 aliphatic carbocycles. The molecule has 2 aromatic carbocycles. The minimum atomic E-state index is -0.940. The first-order valence-electron chi connectivity index (χ1n) is 13.5. The van der Waals surface area contributed by atoms with Gasteiger partial charge >= 0.3 is 11.8 Å². The van der Waals surface area contributed by atoms with Crippen LogP contribution in [0.1, 0.15) is 52.0 Å². The number of hydrogen-bond acceptors (Lipinski definition) is 6. The number of carbonyl (C=O) groups excluding carboxylic acids is 2. The zero-order valence-corrected chi connectivity index (χ0v) is 23.3. The molecular formula is C30H35FN4O5. The largest absolute Gasteiger partial charge is 0.444 e. The summed E-state index contributed by atoms with van der Waals surface area (Å²) in [7, 11) is 1.60. The molecule has 0 spiro atoms. The van der Waals surface area contributed by atoms with Crippen LogP contribution in [0.2, 0.25) is 0 Å². The summed E-state index contributed by atoms with van der Waals surface area (Å²) in [5, 5.41) is 12.5. The molecule has 10 heteroatoms. The second-order valence-corrected chi connectivity index (χ2v) is 11.3. The number of ether oxygens (including phenoxy) is 1. The quantitative estimate of drug-likeness (QED) is 0.482. The molecule has 0 saturated carbocycles. The zero-order valence-electron chi connectivity index (χ0n) is 23.3. The second kappa shape index (κ2) is 11.9. The Balaban J connectivity index is 1.44. The van der Waals surface area contributed by atoms with Crippen molar-refractivity contribution in [2.45, 2.75) is 64.5 Å². The number of fused-ring (bicyclic) bond motifs is 1. The van der Waals surface area contributed by atoms with E-state index in [-0.39, 0.29) is 18.9 Å². The van der Waals surface area contributed by atoms with Crippen LogP contribution in [0.4, 0.5) is 9.18 Å². The molecule has 2 heterocycles. The summed E-state index contributed by atoms with van der Waals surface area (Å²) < 4.78 is 27.2. The summed E-state index contributed by atoms with van der Waals surface area (Å²) >= 11 is 0. The molecule has 2 amide bonds. The number of aromatic nitrogens is 1. The summed E-state index contributed by atoms with van der Waals surface area (Å²) in [5.41, 5.74) is 2.00. The third kappa shape index (κ3) is 6.89. The number of halogens is 1. The van der Waals surface area contributed by atoms with E-state index in [4.69, 9.17) is 9.15 Å². The molecule has 1 unspecified atom stereocenters. The average molecular weight is 551 g/mol.